The van der Waals surface area contributed by atoms with Crippen LogP contribution in [-0.2, 0) is 0 Å². The van der Waals surface area contributed by atoms with Crippen molar-refractivity contribution in [2.45, 2.75) is 0 Å². The SMILES string of the molecule is N/C(=N/O)c1ccnc(-n2cc([N+](=O)[O-])cn2)c1Cl. The molecular weight excluding hydrogens is 276 g/mol. The van der Waals surface area contributed by atoms with Gasteiger partial charge in [0.15, 0.2) is 11.7 Å². The summed E-state index contributed by atoms with van der Waals surface area (Å²) in [7, 11) is 0. The number of nitrogens with two attached hydrogens (primary N) is 1. The largest absolute Gasteiger partial charge is 0.409 e. The molecule has 3 N–H and O–H groups in total. The van der Waals surface area contributed by atoms with E-state index in [9.17, 15) is 10.1 Å². The number of oxime groups is 1. The quantitative estimate of drug-likeness (QED) is 0.283. The van der Waals surface area contributed by atoms with Crippen LogP contribution >= 0.6 is 11.6 Å². The standard InChI is InChI=1S/C9H7ClN6O3/c10-7-6(8(11)14-17)1-2-12-9(7)15-4-5(3-13-15)16(18)19/h1-4,17H,(H2,11,14). The van der Waals surface area contributed by atoms with Crippen molar-refractivity contribution in [2.24, 2.45) is 10.9 Å². The number of hydrogen-bond acceptors (Lipinski definition) is 6. The van der Waals surface area contributed by atoms with Crippen molar-refractivity contribution < 1.29 is 10.1 Å². The van der Waals surface area contributed by atoms with Crippen molar-refractivity contribution in [3.63, 3.8) is 0 Å². The van der Waals surface area contributed by atoms with Crippen molar-refractivity contribution >= 4 is 23.1 Å². The van der Waals surface area contributed by atoms with Crippen molar-refractivity contribution in [3.8, 4) is 5.82 Å². The minimum Gasteiger partial charge on any atom is -0.409 e. The molecule has 0 aliphatic rings. The molecule has 0 spiro atoms. The second-order valence-electron chi connectivity index (χ2n) is 3.38. The first kappa shape index (κ1) is 12.8. The molecule has 0 saturated heterocycles. The predicted octanol–water partition coefficient (Wildman–Crippen LogP) is 0.923. The van der Waals surface area contributed by atoms with Crippen molar-refractivity contribution in [3.05, 3.63) is 45.4 Å². The molecule has 2 rings (SSSR count). The Kier molecular flexibility index (Phi) is 3.29. The first-order valence-electron chi connectivity index (χ1n) is 4.86. The molecule has 2 aromatic rings. The summed E-state index contributed by atoms with van der Waals surface area (Å²) in [4.78, 5) is 13.9. The van der Waals surface area contributed by atoms with Crippen molar-refractivity contribution in [1.29, 1.82) is 0 Å². The predicted molar refractivity (Wildman–Crippen MR) is 65.5 cm³/mol. The number of halogens is 1. The summed E-state index contributed by atoms with van der Waals surface area (Å²) >= 11 is 6.04. The van der Waals surface area contributed by atoms with Crippen molar-refractivity contribution in [1.82, 2.24) is 14.8 Å². The first-order chi connectivity index (χ1) is 9.04. The number of amidine groups is 1. The maximum absolute atomic E-state index is 10.6. The van der Waals surface area contributed by atoms with E-state index in [0.29, 0.717) is 0 Å². The fourth-order valence-electron chi connectivity index (χ4n) is 1.37. The van der Waals surface area contributed by atoms with E-state index in [4.69, 9.17) is 22.5 Å². The molecular formula is C9H7ClN6O3. The van der Waals surface area contributed by atoms with E-state index in [1.54, 1.807) is 0 Å². The third-order valence-corrected chi connectivity index (χ3v) is 2.62. The summed E-state index contributed by atoms with van der Waals surface area (Å²) in [5, 5.41) is 25.9. The van der Waals surface area contributed by atoms with Gasteiger partial charge in [0.2, 0.25) is 0 Å². The minimum absolute atomic E-state index is 0.0656. The molecule has 0 saturated carbocycles. The van der Waals surface area contributed by atoms with Gasteiger partial charge in [0.05, 0.1) is 9.95 Å². The van der Waals surface area contributed by atoms with Crippen LogP contribution in [0.15, 0.2) is 29.8 Å². The fraction of sp³-hybridized carbons (Fsp3) is 0. The third kappa shape index (κ3) is 2.31. The molecule has 10 heteroatoms. The Morgan fingerprint density at radius 2 is 2.37 bits per heavy atom. The van der Waals surface area contributed by atoms with Crippen LogP contribution in [-0.4, -0.2) is 30.7 Å². The summed E-state index contributed by atoms with van der Waals surface area (Å²) in [6.07, 6.45) is 3.58. The average molecular weight is 283 g/mol. The highest BCUT2D eigenvalue weighted by Gasteiger charge is 2.16. The molecule has 19 heavy (non-hydrogen) atoms. The highest BCUT2D eigenvalue weighted by molar-refractivity contribution is 6.35. The second-order valence-corrected chi connectivity index (χ2v) is 3.76. The van der Waals surface area contributed by atoms with E-state index < -0.39 is 4.92 Å². The van der Waals surface area contributed by atoms with Gasteiger partial charge in [-0.15, -0.1) is 0 Å². The van der Waals surface area contributed by atoms with E-state index in [-0.39, 0.29) is 27.9 Å². The van der Waals surface area contributed by atoms with E-state index in [1.165, 1.54) is 12.3 Å². The molecule has 98 valence electrons. The lowest BCUT2D eigenvalue weighted by Gasteiger charge is -2.06. The second kappa shape index (κ2) is 4.90. The van der Waals surface area contributed by atoms with Crippen molar-refractivity contribution in [2.75, 3.05) is 0 Å². The Bertz CT molecular complexity index is 668. The van der Waals surface area contributed by atoms with Crippen LogP contribution < -0.4 is 5.73 Å². The van der Waals surface area contributed by atoms with Gasteiger partial charge in [-0.25, -0.2) is 9.67 Å². The van der Waals surface area contributed by atoms with Crippen LogP contribution in [0.5, 0.6) is 0 Å². The molecule has 0 fully saturated rings. The summed E-state index contributed by atoms with van der Waals surface area (Å²) in [5.41, 5.74) is 5.49. The zero-order valence-electron chi connectivity index (χ0n) is 9.26. The highest BCUT2D eigenvalue weighted by Crippen LogP contribution is 2.23. The van der Waals surface area contributed by atoms with E-state index in [2.05, 4.69) is 15.2 Å². The molecule has 0 aromatic carbocycles. The Morgan fingerprint density at radius 1 is 1.63 bits per heavy atom. The molecule has 2 aromatic heterocycles. The van der Waals surface area contributed by atoms with Gasteiger partial charge < -0.3 is 10.9 Å². The van der Waals surface area contributed by atoms with Crippen LogP contribution in [0.2, 0.25) is 5.02 Å². The number of hydrogen-bond donors (Lipinski definition) is 2. The number of nitrogens with zero attached hydrogens (tertiary/aromatic N) is 5. The smallest absolute Gasteiger partial charge is 0.307 e. The van der Waals surface area contributed by atoms with Crippen LogP contribution in [0.3, 0.4) is 0 Å². The Hall–Kier alpha value is -2.68. The van der Waals surface area contributed by atoms with Gasteiger partial charge in [-0.3, -0.25) is 10.1 Å². The zero-order valence-corrected chi connectivity index (χ0v) is 10.0. The van der Waals surface area contributed by atoms with E-state index in [1.807, 2.05) is 0 Å². The lowest BCUT2D eigenvalue weighted by atomic mass is 10.2. The van der Waals surface area contributed by atoms with Crippen LogP contribution in [0.1, 0.15) is 5.56 Å². The molecule has 9 nitrogen and oxygen atoms in total. The maximum Gasteiger partial charge on any atom is 0.307 e. The number of nitro groups is 1. The summed E-state index contributed by atoms with van der Waals surface area (Å²) in [5.74, 6) is -0.0610. The molecule has 2 heterocycles. The first-order valence-corrected chi connectivity index (χ1v) is 5.24. The molecule has 0 unspecified atom stereocenters. The van der Waals surface area contributed by atoms with Gasteiger partial charge in [-0.05, 0) is 6.07 Å². The lowest BCUT2D eigenvalue weighted by molar-refractivity contribution is -0.384. The summed E-state index contributed by atoms with van der Waals surface area (Å²) in [6.45, 7) is 0. The molecule has 0 aliphatic heterocycles. The van der Waals surface area contributed by atoms with Gasteiger partial charge in [0.1, 0.15) is 12.4 Å². The van der Waals surface area contributed by atoms with Crippen LogP contribution in [0, 0.1) is 10.1 Å². The summed E-state index contributed by atoms with van der Waals surface area (Å²) in [6, 6.07) is 1.44. The lowest BCUT2D eigenvalue weighted by Crippen LogP contribution is -2.15. The van der Waals surface area contributed by atoms with Gasteiger partial charge in [-0.2, -0.15) is 5.10 Å². The highest BCUT2D eigenvalue weighted by atomic mass is 35.5. The Morgan fingerprint density at radius 3 is 2.95 bits per heavy atom. The van der Waals surface area contributed by atoms with Crippen LogP contribution in [0.4, 0.5) is 5.69 Å². The monoisotopic (exact) mass is 282 g/mol. The fourth-order valence-corrected chi connectivity index (χ4v) is 1.66. The van der Waals surface area contributed by atoms with E-state index in [0.717, 1.165) is 17.1 Å². The molecule has 0 amide bonds. The number of aromatic nitrogens is 3. The van der Waals surface area contributed by atoms with Gasteiger partial charge in [-0.1, -0.05) is 16.8 Å². The number of pyridine rings is 1. The molecule has 0 atom stereocenters. The minimum atomic E-state index is -0.592. The Balaban J connectivity index is 2.53. The van der Waals surface area contributed by atoms with Crippen LogP contribution in [0.25, 0.3) is 5.82 Å². The normalized spacial score (nSPS) is 11.5. The van der Waals surface area contributed by atoms with Gasteiger partial charge in [0.25, 0.3) is 0 Å². The van der Waals surface area contributed by atoms with E-state index >= 15 is 0 Å². The van der Waals surface area contributed by atoms with Gasteiger partial charge in [0, 0.05) is 11.8 Å². The number of rotatable bonds is 3. The Labute approximate surface area is 111 Å². The third-order valence-electron chi connectivity index (χ3n) is 2.25. The zero-order chi connectivity index (χ0) is 14.0. The topological polar surface area (TPSA) is 132 Å². The summed E-state index contributed by atoms with van der Waals surface area (Å²) < 4.78 is 1.13. The maximum atomic E-state index is 10.6. The van der Waals surface area contributed by atoms with Gasteiger partial charge >= 0.3 is 5.69 Å². The molecule has 0 bridgehead atoms. The molecule has 0 aliphatic carbocycles. The molecule has 0 radical (unpaired) electrons. The average Bonchev–Trinajstić information content (AvgIpc) is 2.87.